The summed E-state index contributed by atoms with van der Waals surface area (Å²) in [5.41, 5.74) is 3.08. The molecule has 3 atom stereocenters. The predicted octanol–water partition coefficient (Wildman–Crippen LogP) is 5.25. The molecule has 1 spiro atoms. The molecule has 2 aliphatic heterocycles. The van der Waals surface area contributed by atoms with Gasteiger partial charge in [-0.3, -0.25) is 9.69 Å². The van der Waals surface area contributed by atoms with E-state index in [9.17, 15) is 9.90 Å². The molecule has 2 fully saturated rings. The summed E-state index contributed by atoms with van der Waals surface area (Å²) in [6.45, 7) is 4.68. The van der Waals surface area contributed by atoms with Gasteiger partial charge in [0.2, 0.25) is 0 Å². The van der Waals surface area contributed by atoms with Crippen LogP contribution in [0, 0.1) is 11.7 Å². The number of nitrogens with zero attached hydrogens (tertiary/aromatic N) is 1. The second-order valence-corrected chi connectivity index (χ2v) is 10.9. The van der Waals surface area contributed by atoms with Crippen molar-refractivity contribution in [1.82, 2.24) is 4.90 Å². The Bertz CT molecular complexity index is 1420. The van der Waals surface area contributed by atoms with Crippen LogP contribution in [0.4, 0.5) is 4.39 Å². The maximum atomic E-state index is 15.1. The van der Waals surface area contributed by atoms with E-state index < -0.39 is 23.4 Å². The smallest absolute Gasteiger partial charge is 0.307 e. The fraction of sp³-hybridized carbons (Fsp3) is 0.387. The lowest BCUT2D eigenvalue weighted by molar-refractivity contribution is -0.139. The zero-order valence-electron chi connectivity index (χ0n) is 21.5. The van der Waals surface area contributed by atoms with Crippen molar-refractivity contribution in [3.05, 3.63) is 82.7 Å². The van der Waals surface area contributed by atoms with Gasteiger partial charge in [0.05, 0.1) is 25.7 Å². The number of rotatable bonds is 7. The molecular weight excluding hydrogens is 501 g/mol. The third-order valence-electron chi connectivity index (χ3n) is 8.53. The van der Waals surface area contributed by atoms with E-state index in [0.717, 1.165) is 44.0 Å². The summed E-state index contributed by atoms with van der Waals surface area (Å²) in [5, 5.41) is 9.42. The maximum absolute atomic E-state index is 15.1. The summed E-state index contributed by atoms with van der Waals surface area (Å²) < 4.78 is 38.8. The van der Waals surface area contributed by atoms with Gasteiger partial charge in [0.25, 0.3) is 0 Å². The van der Waals surface area contributed by atoms with Crippen LogP contribution in [0.1, 0.15) is 41.2 Å². The number of carbonyl (C=O) groups is 1. The van der Waals surface area contributed by atoms with Crippen molar-refractivity contribution >= 4 is 5.97 Å². The zero-order chi connectivity index (χ0) is 26.6. The van der Waals surface area contributed by atoms with Crippen LogP contribution in [0.3, 0.4) is 0 Å². The summed E-state index contributed by atoms with van der Waals surface area (Å²) in [7, 11) is 0. The van der Waals surface area contributed by atoms with Gasteiger partial charge in [0.1, 0.15) is 34.9 Å². The van der Waals surface area contributed by atoms with Crippen molar-refractivity contribution < 1.29 is 33.2 Å². The molecule has 0 amide bonds. The average Bonchev–Trinajstić information content (AvgIpc) is 3.37. The minimum atomic E-state index is -0.785. The monoisotopic (exact) mass is 531 g/mol. The van der Waals surface area contributed by atoms with Gasteiger partial charge in [-0.2, -0.15) is 0 Å². The quantitative estimate of drug-likeness (QED) is 0.446. The molecule has 3 aromatic rings. The van der Waals surface area contributed by atoms with Crippen LogP contribution in [-0.4, -0.2) is 48.9 Å². The lowest BCUT2D eigenvalue weighted by Gasteiger charge is -2.26. The number of aliphatic carboxylic acids is 1. The number of benzene rings is 3. The number of hydrogen-bond acceptors (Lipinski definition) is 6. The first-order valence-corrected chi connectivity index (χ1v) is 13.6. The first kappa shape index (κ1) is 24.4. The zero-order valence-corrected chi connectivity index (χ0v) is 21.5. The lowest BCUT2D eigenvalue weighted by atomic mass is 9.95. The first-order valence-electron chi connectivity index (χ1n) is 13.6. The average molecular weight is 532 g/mol. The minimum absolute atomic E-state index is 0.306. The molecular formula is C31H30FNO6. The normalized spacial score (nSPS) is 25.2. The molecule has 1 saturated carbocycles. The molecule has 0 aromatic heterocycles. The molecule has 0 radical (unpaired) electrons. The summed E-state index contributed by atoms with van der Waals surface area (Å²) in [4.78, 5) is 13.8. The molecule has 2 aliphatic carbocycles. The van der Waals surface area contributed by atoms with Gasteiger partial charge in [-0.25, -0.2) is 4.39 Å². The third-order valence-corrected chi connectivity index (χ3v) is 8.53. The first-order chi connectivity index (χ1) is 19.0. The van der Waals surface area contributed by atoms with Gasteiger partial charge >= 0.3 is 5.97 Å². The summed E-state index contributed by atoms with van der Waals surface area (Å²) in [5.74, 6) is 1.10. The number of hydrogen-bond donors (Lipinski definition) is 1. The second kappa shape index (κ2) is 9.54. The van der Waals surface area contributed by atoms with Gasteiger partial charge in [-0.05, 0) is 55.2 Å². The van der Waals surface area contributed by atoms with Gasteiger partial charge in [-0.1, -0.05) is 18.2 Å². The lowest BCUT2D eigenvalue weighted by Crippen LogP contribution is -2.35. The van der Waals surface area contributed by atoms with Crippen LogP contribution in [0.15, 0.2) is 54.6 Å². The van der Waals surface area contributed by atoms with Crippen molar-refractivity contribution in [2.24, 2.45) is 5.92 Å². The molecule has 2 heterocycles. The fourth-order valence-corrected chi connectivity index (χ4v) is 6.30. The van der Waals surface area contributed by atoms with Gasteiger partial charge in [0, 0.05) is 47.8 Å². The SMILES string of the molecule is O=C(O)C1CC12COc1cc(OC3CCc4c(Oc5ccc(CN6CCOCC6)cc5)ccc(F)c43)ccc12. The van der Waals surface area contributed by atoms with Crippen molar-refractivity contribution in [3.63, 3.8) is 0 Å². The van der Waals surface area contributed by atoms with E-state index in [1.165, 1.54) is 11.6 Å². The number of ether oxygens (including phenoxy) is 4. The van der Waals surface area contributed by atoms with Crippen LogP contribution in [0.2, 0.25) is 0 Å². The van der Waals surface area contributed by atoms with Crippen LogP contribution in [-0.2, 0) is 27.9 Å². The Hall–Kier alpha value is -3.62. The highest BCUT2D eigenvalue weighted by atomic mass is 19.1. The van der Waals surface area contributed by atoms with Gasteiger partial charge in [-0.15, -0.1) is 0 Å². The van der Waals surface area contributed by atoms with E-state index in [2.05, 4.69) is 17.0 Å². The Labute approximate surface area is 226 Å². The van der Waals surface area contributed by atoms with E-state index >= 15 is 4.39 Å². The largest absolute Gasteiger partial charge is 0.492 e. The fourth-order valence-electron chi connectivity index (χ4n) is 6.30. The third kappa shape index (κ3) is 4.41. The number of morpholine rings is 1. The molecule has 1 saturated heterocycles. The number of halogens is 1. The van der Waals surface area contributed by atoms with Crippen LogP contribution in [0.25, 0.3) is 0 Å². The Kier molecular flexibility index (Phi) is 5.97. The van der Waals surface area contributed by atoms with E-state index in [-0.39, 0.29) is 5.82 Å². The molecule has 1 N–H and O–H groups in total. The molecule has 3 unspecified atom stereocenters. The molecule has 8 heteroatoms. The molecule has 0 bridgehead atoms. The van der Waals surface area contributed by atoms with E-state index in [1.54, 1.807) is 12.1 Å². The van der Waals surface area contributed by atoms with Gasteiger partial charge < -0.3 is 24.1 Å². The number of fused-ring (bicyclic) bond motifs is 3. The highest BCUT2D eigenvalue weighted by Crippen LogP contribution is 2.60. The Morgan fingerprint density at radius 2 is 1.87 bits per heavy atom. The topological polar surface area (TPSA) is 77.5 Å². The Morgan fingerprint density at radius 1 is 1.08 bits per heavy atom. The summed E-state index contributed by atoms with van der Waals surface area (Å²) in [6.07, 6.45) is 1.43. The minimum Gasteiger partial charge on any atom is -0.492 e. The second-order valence-electron chi connectivity index (χ2n) is 10.9. The van der Waals surface area contributed by atoms with Crippen molar-refractivity contribution in [2.75, 3.05) is 32.9 Å². The van der Waals surface area contributed by atoms with E-state index in [0.29, 0.717) is 54.4 Å². The maximum Gasteiger partial charge on any atom is 0.307 e. The standard InChI is InChI=1S/C31H30FNO6/c32-25-8-10-26(38-20-3-1-19(2-4-20)17-33-11-13-36-14-12-33)22-6-9-27(29(22)25)39-21-5-7-23-28(15-21)37-18-31(23)16-24(31)30(34)35/h1-5,7-8,10,15,24,27H,6,9,11-14,16-18H2,(H,34,35). The Balaban J connectivity index is 1.06. The Morgan fingerprint density at radius 3 is 2.64 bits per heavy atom. The van der Waals surface area contributed by atoms with Crippen LogP contribution < -0.4 is 14.2 Å². The van der Waals surface area contributed by atoms with Crippen molar-refractivity contribution in [2.45, 2.75) is 37.3 Å². The molecule has 3 aromatic carbocycles. The highest BCUT2D eigenvalue weighted by Gasteiger charge is 2.63. The molecule has 39 heavy (non-hydrogen) atoms. The van der Waals surface area contributed by atoms with Crippen LogP contribution >= 0.6 is 0 Å². The number of carboxylic acid groups (broad SMARTS) is 1. The van der Waals surface area contributed by atoms with Crippen molar-refractivity contribution in [1.29, 1.82) is 0 Å². The molecule has 7 rings (SSSR count). The summed E-state index contributed by atoms with van der Waals surface area (Å²) in [6, 6.07) is 16.7. The number of carboxylic acids is 1. The molecule has 4 aliphatic rings. The van der Waals surface area contributed by atoms with E-state index in [1.807, 2.05) is 24.3 Å². The van der Waals surface area contributed by atoms with Crippen molar-refractivity contribution in [3.8, 4) is 23.0 Å². The molecule has 7 nitrogen and oxygen atoms in total. The predicted molar refractivity (Wildman–Crippen MR) is 140 cm³/mol. The highest BCUT2D eigenvalue weighted by molar-refractivity contribution is 5.78. The molecule has 202 valence electrons. The van der Waals surface area contributed by atoms with Gasteiger partial charge in [0.15, 0.2) is 0 Å². The summed E-state index contributed by atoms with van der Waals surface area (Å²) >= 11 is 0. The van der Waals surface area contributed by atoms with Crippen LogP contribution in [0.5, 0.6) is 23.0 Å². The van der Waals surface area contributed by atoms with E-state index in [4.69, 9.17) is 18.9 Å².